The highest BCUT2D eigenvalue weighted by Crippen LogP contribution is 2.26. The van der Waals surface area contributed by atoms with Gasteiger partial charge in [0.25, 0.3) is 5.56 Å². The maximum atomic E-state index is 12.7. The first-order valence-electron chi connectivity index (χ1n) is 10.7. The predicted octanol–water partition coefficient (Wildman–Crippen LogP) is 2.02. The molecule has 3 aliphatic rings. The molecule has 0 saturated carbocycles. The van der Waals surface area contributed by atoms with Crippen LogP contribution in [-0.4, -0.2) is 58.0 Å². The monoisotopic (exact) mass is 372 g/mol. The number of hydrogen-bond donors (Lipinski definition) is 0. The molecule has 2 atom stereocenters. The third-order valence-electron chi connectivity index (χ3n) is 6.45. The number of aryl methyl sites for hydroxylation is 1. The Balaban J connectivity index is 1.40. The summed E-state index contributed by atoms with van der Waals surface area (Å²) in [6, 6.07) is 1.72. The Bertz CT molecular complexity index is 744. The summed E-state index contributed by atoms with van der Waals surface area (Å²) in [5.74, 6) is 2.07. The van der Waals surface area contributed by atoms with E-state index < -0.39 is 0 Å². The Kier molecular flexibility index (Phi) is 5.62. The normalized spacial score (nSPS) is 26.6. The predicted molar refractivity (Wildman–Crippen MR) is 105 cm³/mol. The number of hydrogen-bond acceptors (Lipinski definition) is 4. The van der Waals surface area contributed by atoms with Crippen molar-refractivity contribution in [2.24, 2.45) is 5.92 Å². The molecule has 1 aromatic heterocycles. The average molecular weight is 373 g/mol. The Morgan fingerprint density at radius 1 is 1.11 bits per heavy atom. The van der Waals surface area contributed by atoms with Crippen molar-refractivity contribution in [3.8, 4) is 0 Å². The molecule has 0 radical (unpaired) electrons. The summed E-state index contributed by atoms with van der Waals surface area (Å²) in [7, 11) is 0. The summed E-state index contributed by atoms with van der Waals surface area (Å²) in [4.78, 5) is 34.4. The SMILES string of the molecule is CC1CCCN(CC(=O)N2CCC(c3cc(=O)n4c(n3)CCCCC4)C2)C1. The third kappa shape index (κ3) is 4.26. The van der Waals surface area contributed by atoms with Gasteiger partial charge >= 0.3 is 0 Å². The van der Waals surface area contributed by atoms with Gasteiger partial charge < -0.3 is 4.90 Å². The molecule has 2 unspecified atom stereocenters. The number of nitrogens with zero attached hydrogens (tertiary/aromatic N) is 4. The first-order valence-corrected chi connectivity index (χ1v) is 10.7. The smallest absolute Gasteiger partial charge is 0.253 e. The maximum Gasteiger partial charge on any atom is 0.253 e. The summed E-state index contributed by atoms with van der Waals surface area (Å²) in [6.45, 7) is 7.17. The van der Waals surface area contributed by atoms with Gasteiger partial charge in [0.15, 0.2) is 0 Å². The van der Waals surface area contributed by atoms with Gasteiger partial charge in [-0.1, -0.05) is 13.3 Å². The first kappa shape index (κ1) is 18.7. The van der Waals surface area contributed by atoms with Crippen LogP contribution in [0.1, 0.15) is 62.9 Å². The molecule has 27 heavy (non-hydrogen) atoms. The van der Waals surface area contributed by atoms with Crippen molar-refractivity contribution in [2.75, 3.05) is 32.7 Å². The van der Waals surface area contributed by atoms with Crippen molar-refractivity contribution >= 4 is 5.91 Å². The fraction of sp³-hybridized carbons (Fsp3) is 0.762. The van der Waals surface area contributed by atoms with E-state index in [0.29, 0.717) is 19.0 Å². The number of aromatic nitrogens is 2. The zero-order chi connectivity index (χ0) is 18.8. The van der Waals surface area contributed by atoms with E-state index >= 15 is 0 Å². The summed E-state index contributed by atoms with van der Waals surface area (Å²) in [5.41, 5.74) is 0.985. The van der Waals surface area contributed by atoms with E-state index in [2.05, 4.69) is 11.8 Å². The van der Waals surface area contributed by atoms with Crippen LogP contribution in [0.3, 0.4) is 0 Å². The Morgan fingerprint density at radius 3 is 2.85 bits per heavy atom. The van der Waals surface area contributed by atoms with Crippen molar-refractivity contribution < 1.29 is 4.79 Å². The van der Waals surface area contributed by atoms with Crippen LogP contribution in [0.5, 0.6) is 0 Å². The number of likely N-dealkylation sites (tertiary alicyclic amines) is 2. The fourth-order valence-corrected chi connectivity index (χ4v) is 4.89. The number of carbonyl (C=O) groups is 1. The quantitative estimate of drug-likeness (QED) is 0.814. The second kappa shape index (κ2) is 8.13. The van der Waals surface area contributed by atoms with Crippen LogP contribution < -0.4 is 5.56 Å². The molecule has 2 saturated heterocycles. The molecule has 0 aromatic carbocycles. The lowest BCUT2D eigenvalue weighted by Gasteiger charge is -2.31. The van der Waals surface area contributed by atoms with Gasteiger partial charge in [0.1, 0.15) is 5.82 Å². The lowest BCUT2D eigenvalue weighted by Crippen LogP contribution is -2.43. The Labute approximate surface area is 161 Å². The summed E-state index contributed by atoms with van der Waals surface area (Å²) in [6.07, 6.45) is 7.62. The Morgan fingerprint density at radius 2 is 2.00 bits per heavy atom. The van der Waals surface area contributed by atoms with E-state index in [0.717, 1.165) is 63.4 Å². The molecule has 3 aliphatic heterocycles. The number of carbonyl (C=O) groups excluding carboxylic acids is 1. The average Bonchev–Trinajstić information content (AvgIpc) is 3.01. The molecule has 6 nitrogen and oxygen atoms in total. The third-order valence-corrected chi connectivity index (χ3v) is 6.45. The van der Waals surface area contributed by atoms with Gasteiger partial charge in [-0.15, -0.1) is 0 Å². The molecule has 1 aromatic rings. The summed E-state index contributed by atoms with van der Waals surface area (Å²) < 4.78 is 1.85. The van der Waals surface area contributed by atoms with E-state index in [-0.39, 0.29) is 17.4 Å². The largest absolute Gasteiger partial charge is 0.341 e. The molecular formula is C21H32N4O2. The van der Waals surface area contributed by atoms with Crippen molar-refractivity contribution in [2.45, 2.75) is 64.3 Å². The van der Waals surface area contributed by atoms with E-state index in [1.807, 2.05) is 9.47 Å². The zero-order valence-electron chi connectivity index (χ0n) is 16.5. The number of rotatable bonds is 3. The molecule has 1 amide bonds. The van der Waals surface area contributed by atoms with Crippen LogP contribution in [0.4, 0.5) is 0 Å². The molecular weight excluding hydrogens is 340 g/mol. The van der Waals surface area contributed by atoms with Gasteiger partial charge in [-0.05, 0) is 44.6 Å². The minimum atomic E-state index is 0.0870. The molecule has 0 bridgehead atoms. The van der Waals surface area contributed by atoms with E-state index in [4.69, 9.17) is 4.98 Å². The van der Waals surface area contributed by atoms with Crippen molar-refractivity contribution in [1.29, 1.82) is 0 Å². The van der Waals surface area contributed by atoms with Crippen LogP contribution >= 0.6 is 0 Å². The van der Waals surface area contributed by atoms with Crippen LogP contribution in [0.15, 0.2) is 10.9 Å². The standard InChI is InChI=1S/C21H32N4O2/c1-16-6-5-9-23(13-16)15-21(27)24-11-8-17(14-24)18-12-20(26)25-10-4-2-3-7-19(25)22-18/h12,16-17H,2-11,13-15H2,1H3. The minimum Gasteiger partial charge on any atom is -0.341 e. The first-order chi connectivity index (χ1) is 13.1. The van der Waals surface area contributed by atoms with Crippen LogP contribution in [-0.2, 0) is 17.8 Å². The molecule has 4 heterocycles. The van der Waals surface area contributed by atoms with Crippen LogP contribution in [0.25, 0.3) is 0 Å². The highest BCUT2D eigenvalue weighted by atomic mass is 16.2. The van der Waals surface area contributed by atoms with Gasteiger partial charge in [-0.2, -0.15) is 0 Å². The zero-order valence-corrected chi connectivity index (χ0v) is 16.5. The summed E-state index contributed by atoms with van der Waals surface area (Å²) in [5, 5.41) is 0. The topological polar surface area (TPSA) is 58.4 Å². The molecule has 4 rings (SSSR count). The molecule has 0 spiro atoms. The van der Waals surface area contributed by atoms with Gasteiger partial charge in [-0.3, -0.25) is 19.1 Å². The van der Waals surface area contributed by atoms with Gasteiger partial charge in [0.05, 0.1) is 12.2 Å². The molecule has 6 heteroatoms. The second-order valence-corrected chi connectivity index (χ2v) is 8.71. The second-order valence-electron chi connectivity index (χ2n) is 8.71. The number of piperidine rings is 1. The summed E-state index contributed by atoms with van der Waals surface area (Å²) >= 11 is 0. The number of amides is 1. The van der Waals surface area contributed by atoms with Crippen LogP contribution in [0, 0.1) is 5.92 Å². The molecule has 0 N–H and O–H groups in total. The Hall–Kier alpha value is -1.69. The minimum absolute atomic E-state index is 0.0870. The van der Waals surface area contributed by atoms with Crippen molar-refractivity contribution in [3.05, 3.63) is 27.9 Å². The molecule has 148 valence electrons. The molecule has 0 aliphatic carbocycles. The van der Waals surface area contributed by atoms with E-state index in [1.165, 1.54) is 19.3 Å². The maximum absolute atomic E-state index is 12.7. The van der Waals surface area contributed by atoms with Crippen LogP contribution in [0.2, 0.25) is 0 Å². The highest BCUT2D eigenvalue weighted by Gasteiger charge is 2.30. The van der Waals surface area contributed by atoms with E-state index in [9.17, 15) is 9.59 Å². The van der Waals surface area contributed by atoms with Crippen molar-refractivity contribution in [1.82, 2.24) is 19.4 Å². The van der Waals surface area contributed by atoms with Gasteiger partial charge in [0.2, 0.25) is 5.91 Å². The number of fused-ring (bicyclic) bond motifs is 1. The van der Waals surface area contributed by atoms with Crippen molar-refractivity contribution in [3.63, 3.8) is 0 Å². The van der Waals surface area contributed by atoms with E-state index in [1.54, 1.807) is 6.07 Å². The lowest BCUT2D eigenvalue weighted by molar-refractivity contribution is -0.131. The molecule has 2 fully saturated rings. The van der Waals surface area contributed by atoms with Gasteiger partial charge in [-0.25, -0.2) is 4.98 Å². The highest BCUT2D eigenvalue weighted by molar-refractivity contribution is 5.78. The fourth-order valence-electron chi connectivity index (χ4n) is 4.89. The van der Waals surface area contributed by atoms with Gasteiger partial charge in [0, 0.05) is 44.6 Å². The lowest BCUT2D eigenvalue weighted by atomic mass is 10.0.